The molecule has 0 unspecified atom stereocenters. The minimum atomic E-state index is -0.250. The van der Waals surface area contributed by atoms with Gasteiger partial charge in [0.25, 0.3) is 11.5 Å². The average Bonchev–Trinajstić information content (AvgIpc) is 2.70. The van der Waals surface area contributed by atoms with Crippen LogP contribution < -0.4 is 11.0 Å². The minimum absolute atomic E-state index is 0.0585. The lowest BCUT2D eigenvalue weighted by Gasteiger charge is -2.30. The van der Waals surface area contributed by atoms with Crippen molar-refractivity contribution in [2.24, 2.45) is 5.92 Å². The third-order valence-electron chi connectivity index (χ3n) is 5.43. The monoisotopic (exact) mass is 377 g/mol. The van der Waals surface area contributed by atoms with Gasteiger partial charge in [-0.1, -0.05) is 19.1 Å². The molecule has 4 rings (SSSR count). The van der Waals surface area contributed by atoms with Crippen molar-refractivity contribution in [2.45, 2.75) is 26.3 Å². The summed E-state index contributed by atoms with van der Waals surface area (Å²) < 4.78 is 3.04. The SMILES string of the molecule is C=CCn1c(=N)c(C(=O)N2CCC(C)CC2)cc2c(=O)n3ccccc3nc21. The van der Waals surface area contributed by atoms with Gasteiger partial charge in [-0.15, -0.1) is 6.58 Å². The second-order valence-corrected chi connectivity index (χ2v) is 7.36. The molecule has 1 saturated heterocycles. The molecule has 1 amide bonds. The maximum Gasteiger partial charge on any atom is 0.267 e. The second kappa shape index (κ2) is 7.07. The van der Waals surface area contributed by atoms with Crippen LogP contribution >= 0.6 is 0 Å². The molecule has 7 nitrogen and oxygen atoms in total. The van der Waals surface area contributed by atoms with Crippen LogP contribution in [-0.2, 0) is 6.54 Å². The van der Waals surface area contributed by atoms with Gasteiger partial charge in [0.05, 0.1) is 10.9 Å². The summed E-state index contributed by atoms with van der Waals surface area (Å²) in [6.45, 7) is 7.58. The summed E-state index contributed by atoms with van der Waals surface area (Å²) in [6, 6.07) is 6.85. The molecule has 4 heterocycles. The first kappa shape index (κ1) is 18.2. The molecular weight excluding hydrogens is 354 g/mol. The lowest BCUT2D eigenvalue weighted by Crippen LogP contribution is -2.41. The Hall–Kier alpha value is -3.22. The largest absolute Gasteiger partial charge is 0.339 e. The highest BCUT2D eigenvalue weighted by molar-refractivity contribution is 5.97. The van der Waals surface area contributed by atoms with E-state index >= 15 is 0 Å². The van der Waals surface area contributed by atoms with Crippen molar-refractivity contribution in [3.63, 3.8) is 0 Å². The standard InChI is InChI=1S/C21H23N5O2/c1-3-9-26-18(22)15(20(27)24-11-7-14(2)8-12-24)13-16-19(26)23-17-6-4-5-10-25(17)21(16)28/h3-6,10,13-14,22H,1,7-9,11-12H2,2H3. The molecule has 1 aliphatic heterocycles. The molecular formula is C21H23N5O2. The number of fused-ring (bicyclic) bond motifs is 2. The van der Waals surface area contributed by atoms with Crippen LogP contribution in [0, 0.1) is 11.3 Å². The number of hydrogen-bond donors (Lipinski definition) is 1. The molecule has 0 aliphatic carbocycles. The number of carbonyl (C=O) groups is 1. The zero-order chi connectivity index (χ0) is 19.8. The summed E-state index contributed by atoms with van der Waals surface area (Å²) in [7, 11) is 0. The fraction of sp³-hybridized carbons (Fsp3) is 0.333. The molecule has 144 valence electrons. The van der Waals surface area contributed by atoms with Crippen molar-refractivity contribution in [3.05, 3.63) is 64.5 Å². The molecule has 1 N–H and O–H groups in total. The molecule has 0 saturated carbocycles. The number of rotatable bonds is 3. The number of carbonyl (C=O) groups excluding carboxylic acids is 1. The lowest BCUT2D eigenvalue weighted by molar-refractivity contribution is 0.0694. The normalized spacial score (nSPS) is 15.2. The number of hydrogen-bond acceptors (Lipinski definition) is 4. The third kappa shape index (κ3) is 2.93. The van der Waals surface area contributed by atoms with Crippen LogP contribution in [0.2, 0.25) is 0 Å². The van der Waals surface area contributed by atoms with Crippen LogP contribution in [0.4, 0.5) is 0 Å². The van der Waals surface area contributed by atoms with E-state index in [-0.39, 0.29) is 22.5 Å². The zero-order valence-corrected chi connectivity index (χ0v) is 15.9. The van der Waals surface area contributed by atoms with Gasteiger partial charge in [-0.2, -0.15) is 0 Å². The van der Waals surface area contributed by atoms with Gasteiger partial charge in [0, 0.05) is 25.8 Å². The van der Waals surface area contributed by atoms with Crippen LogP contribution in [0.15, 0.2) is 47.9 Å². The first-order chi connectivity index (χ1) is 13.5. The molecule has 3 aromatic rings. The summed E-state index contributed by atoms with van der Waals surface area (Å²) in [5.41, 5.74) is 0.938. The van der Waals surface area contributed by atoms with Crippen LogP contribution in [0.3, 0.4) is 0 Å². The van der Waals surface area contributed by atoms with Gasteiger partial charge >= 0.3 is 0 Å². The summed E-state index contributed by atoms with van der Waals surface area (Å²) in [5, 5.41) is 8.95. The maximum atomic E-state index is 13.1. The molecule has 3 aromatic heterocycles. The Morgan fingerprint density at radius 3 is 2.82 bits per heavy atom. The van der Waals surface area contributed by atoms with E-state index in [4.69, 9.17) is 5.41 Å². The summed E-state index contributed by atoms with van der Waals surface area (Å²) in [5.74, 6) is 0.399. The average molecular weight is 377 g/mol. The molecule has 0 bridgehead atoms. The molecule has 1 fully saturated rings. The lowest BCUT2D eigenvalue weighted by atomic mass is 9.98. The number of nitrogens with zero attached hydrogens (tertiary/aromatic N) is 4. The van der Waals surface area contributed by atoms with Crippen LogP contribution in [0.5, 0.6) is 0 Å². The minimum Gasteiger partial charge on any atom is -0.339 e. The number of nitrogens with one attached hydrogen (secondary N) is 1. The predicted octanol–water partition coefficient (Wildman–Crippen LogP) is 2.19. The van der Waals surface area contributed by atoms with Gasteiger partial charge in [0.1, 0.15) is 16.8 Å². The number of likely N-dealkylation sites (tertiary alicyclic amines) is 1. The number of aromatic nitrogens is 3. The van der Waals surface area contributed by atoms with Crippen molar-refractivity contribution in [2.75, 3.05) is 13.1 Å². The first-order valence-corrected chi connectivity index (χ1v) is 9.51. The van der Waals surface area contributed by atoms with E-state index in [2.05, 4.69) is 18.5 Å². The second-order valence-electron chi connectivity index (χ2n) is 7.36. The van der Waals surface area contributed by atoms with Gasteiger partial charge in [-0.05, 0) is 37.0 Å². The molecule has 0 radical (unpaired) electrons. The number of pyridine rings is 2. The molecule has 1 aliphatic rings. The Balaban J connectivity index is 1.96. The number of piperidine rings is 1. The quantitative estimate of drug-likeness (QED) is 0.561. The molecule has 0 aromatic carbocycles. The zero-order valence-electron chi connectivity index (χ0n) is 15.9. The fourth-order valence-corrected chi connectivity index (χ4v) is 3.74. The number of amides is 1. The Labute approximate surface area is 162 Å². The van der Waals surface area contributed by atoms with E-state index < -0.39 is 0 Å². The van der Waals surface area contributed by atoms with Gasteiger partial charge in [-0.25, -0.2) is 4.98 Å². The van der Waals surface area contributed by atoms with E-state index in [1.54, 1.807) is 33.9 Å². The van der Waals surface area contributed by atoms with Crippen LogP contribution in [0.25, 0.3) is 16.7 Å². The van der Waals surface area contributed by atoms with Gasteiger partial charge < -0.3 is 9.47 Å². The van der Waals surface area contributed by atoms with Crippen molar-refractivity contribution in [1.82, 2.24) is 18.9 Å². The first-order valence-electron chi connectivity index (χ1n) is 9.51. The van der Waals surface area contributed by atoms with E-state index in [0.29, 0.717) is 42.2 Å². The van der Waals surface area contributed by atoms with E-state index in [9.17, 15) is 9.59 Å². The van der Waals surface area contributed by atoms with Crippen molar-refractivity contribution in [1.29, 1.82) is 5.41 Å². The Morgan fingerprint density at radius 2 is 2.11 bits per heavy atom. The molecule has 7 heteroatoms. The van der Waals surface area contributed by atoms with Gasteiger partial charge in [0.2, 0.25) is 0 Å². The van der Waals surface area contributed by atoms with Crippen molar-refractivity contribution in [3.8, 4) is 0 Å². The van der Waals surface area contributed by atoms with E-state index in [0.717, 1.165) is 12.8 Å². The van der Waals surface area contributed by atoms with Gasteiger partial charge in [0.15, 0.2) is 0 Å². The smallest absolute Gasteiger partial charge is 0.267 e. The highest BCUT2D eigenvalue weighted by Crippen LogP contribution is 2.18. The predicted molar refractivity (Wildman–Crippen MR) is 107 cm³/mol. The fourth-order valence-electron chi connectivity index (χ4n) is 3.74. The van der Waals surface area contributed by atoms with Crippen LogP contribution in [-0.4, -0.2) is 37.8 Å². The molecule has 0 spiro atoms. The number of allylic oxidation sites excluding steroid dienone is 1. The molecule has 28 heavy (non-hydrogen) atoms. The summed E-state index contributed by atoms with van der Waals surface area (Å²) in [6.07, 6.45) is 5.20. The topological polar surface area (TPSA) is 83.5 Å². The van der Waals surface area contributed by atoms with Gasteiger partial charge in [-0.3, -0.25) is 19.4 Å². The Bertz CT molecular complexity index is 1200. The summed E-state index contributed by atoms with van der Waals surface area (Å²) >= 11 is 0. The van der Waals surface area contributed by atoms with E-state index in [1.165, 1.54) is 10.5 Å². The third-order valence-corrected chi connectivity index (χ3v) is 5.43. The Morgan fingerprint density at radius 1 is 1.36 bits per heavy atom. The van der Waals surface area contributed by atoms with Crippen molar-refractivity contribution >= 4 is 22.6 Å². The van der Waals surface area contributed by atoms with E-state index in [1.807, 2.05) is 6.07 Å². The Kier molecular flexibility index (Phi) is 4.58. The maximum absolute atomic E-state index is 13.1. The highest BCUT2D eigenvalue weighted by atomic mass is 16.2. The highest BCUT2D eigenvalue weighted by Gasteiger charge is 2.24. The molecule has 0 atom stereocenters. The van der Waals surface area contributed by atoms with Crippen molar-refractivity contribution < 1.29 is 4.79 Å². The van der Waals surface area contributed by atoms with Crippen LogP contribution in [0.1, 0.15) is 30.1 Å². The summed E-state index contributed by atoms with van der Waals surface area (Å²) in [4.78, 5) is 32.5.